The first kappa shape index (κ1) is 8.72. The zero-order chi connectivity index (χ0) is 7.72. The summed E-state index contributed by atoms with van der Waals surface area (Å²) in [6, 6.07) is 3.52. The summed E-state index contributed by atoms with van der Waals surface area (Å²) >= 11 is 18.8. The number of rotatable bonds is 0. The largest absolute Gasteiger partial charge is 0.140 e. The Bertz CT molecular complexity index is 235. The van der Waals surface area contributed by atoms with Gasteiger partial charge in [0.15, 0.2) is 0 Å². The highest BCUT2D eigenvalue weighted by atomic mass is 79.9. The van der Waals surface area contributed by atoms with Crippen molar-refractivity contribution in [3.63, 3.8) is 0 Å². The molecule has 1 aromatic rings. The van der Waals surface area contributed by atoms with Crippen molar-refractivity contribution in [2.45, 2.75) is 4.90 Å². The number of thiol groups is 1. The van der Waals surface area contributed by atoms with E-state index >= 15 is 0 Å². The second-order valence-corrected chi connectivity index (χ2v) is 3.78. The highest BCUT2D eigenvalue weighted by Gasteiger charge is 2.03. The van der Waals surface area contributed by atoms with E-state index in [1.54, 1.807) is 12.1 Å². The molecule has 0 N–H and O–H groups in total. The molecule has 0 heterocycles. The van der Waals surface area contributed by atoms with Crippen LogP contribution in [-0.2, 0) is 0 Å². The van der Waals surface area contributed by atoms with Gasteiger partial charge in [0.25, 0.3) is 0 Å². The first-order valence-corrected chi connectivity index (χ1v) is 4.45. The summed E-state index contributed by atoms with van der Waals surface area (Å²) in [4.78, 5) is 0.609. The van der Waals surface area contributed by atoms with Crippen molar-refractivity contribution in [2.75, 3.05) is 0 Å². The van der Waals surface area contributed by atoms with E-state index in [-0.39, 0.29) is 0 Å². The van der Waals surface area contributed by atoms with Crippen LogP contribution in [0.2, 0.25) is 10.0 Å². The maximum absolute atomic E-state index is 5.78. The predicted molar refractivity (Wildman–Crippen MR) is 51.4 cm³/mol. The van der Waals surface area contributed by atoms with E-state index in [1.807, 2.05) is 0 Å². The molecule has 0 aromatic heterocycles. The molecule has 0 radical (unpaired) electrons. The van der Waals surface area contributed by atoms with E-state index in [2.05, 4.69) is 28.6 Å². The van der Waals surface area contributed by atoms with Gasteiger partial charge in [-0.05, 0) is 28.1 Å². The number of hydrogen-bond acceptors (Lipinski definition) is 1. The molecular formula is C6H3BrCl2S. The Labute approximate surface area is 83.1 Å². The molecule has 10 heavy (non-hydrogen) atoms. The molecule has 0 nitrogen and oxygen atoms in total. The molecule has 0 saturated carbocycles. The van der Waals surface area contributed by atoms with Crippen LogP contribution in [0.5, 0.6) is 0 Å². The maximum Gasteiger partial charge on any atom is 0.0696 e. The molecule has 0 spiro atoms. The molecule has 54 valence electrons. The third kappa shape index (κ3) is 1.62. The van der Waals surface area contributed by atoms with Crippen LogP contribution in [0.3, 0.4) is 0 Å². The second-order valence-electron chi connectivity index (χ2n) is 1.69. The summed E-state index contributed by atoms with van der Waals surface area (Å²) < 4.78 is 0.809. The molecular weight excluding hydrogens is 255 g/mol. The number of benzene rings is 1. The Kier molecular flexibility index (Phi) is 2.92. The summed E-state index contributed by atoms with van der Waals surface area (Å²) in [7, 11) is 0. The van der Waals surface area contributed by atoms with Gasteiger partial charge >= 0.3 is 0 Å². The lowest BCUT2D eigenvalue weighted by atomic mass is 10.4. The van der Waals surface area contributed by atoms with Crippen molar-refractivity contribution >= 4 is 51.8 Å². The van der Waals surface area contributed by atoms with Gasteiger partial charge in [0.05, 0.1) is 10.0 Å². The Balaban J connectivity index is 3.34. The van der Waals surface area contributed by atoms with Crippen LogP contribution in [0.1, 0.15) is 0 Å². The Morgan fingerprint density at radius 1 is 1.30 bits per heavy atom. The molecule has 0 fully saturated rings. The van der Waals surface area contributed by atoms with Gasteiger partial charge in [-0.1, -0.05) is 23.2 Å². The number of halogens is 3. The van der Waals surface area contributed by atoms with Crippen LogP contribution in [-0.4, -0.2) is 0 Å². The fraction of sp³-hybridized carbons (Fsp3) is 0. The van der Waals surface area contributed by atoms with Crippen molar-refractivity contribution in [1.29, 1.82) is 0 Å². The monoisotopic (exact) mass is 256 g/mol. The van der Waals surface area contributed by atoms with Gasteiger partial charge in [-0.25, -0.2) is 0 Å². The Morgan fingerprint density at radius 2 is 1.90 bits per heavy atom. The van der Waals surface area contributed by atoms with E-state index in [1.165, 1.54) is 0 Å². The fourth-order valence-corrected chi connectivity index (χ4v) is 1.57. The zero-order valence-corrected chi connectivity index (χ0v) is 8.73. The van der Waals surface area contributed by atoms with Crippen LogP contribution in [0.4, 0.5) is 0 Å². The third-order valence-electron chi connectivity index (χ3n) is 1.02. The zero-order valence-electron chi connectivity index (χ0n) is 4.74. The van der Waals surface area contributed by atoms with Gasteiger partial charge < -0.3 is 0 Å². The van der Waals surface area contributed by atoms with E-state index in [0.29, 0.717) is 14.9 Å². The topological polar surface area (TPSA) is 0 Å². The van der Waals surface area contributed by atoms with Crippen LogP contribution in [0, 0.1) is 0 Å². The molecule has 0 amide bonds. The van der Waals surface area contributed by atoms with Crippen molar-refractivity contribution in [1.82, 2.24) is 0 Å². The van der Waals surface area contributed by atoms with E-state index in [9.17, 15) is 0 Å². The molecule has 0 aliphatic carbocycles. The molecule has 0 atom stereocenters. The van der Waals surface area contributed by atoms with Gasteiger partial charge in [0.2, 0.25) is 0 Å². The van der Waals surface area contributed by atoms with Crippen LogP contribution >= 0.6 is 51.8 Å². The highest BCUT2D eigenvalue weighted by molar-refractivity contribution is 9.10. The van der Waals surface area contributed by atoms with E-state index in [4.69, 9.17) is 23.2 Å². The molecule has 0 unspecified atom stereocenters. The van der Waals surface area contributed by atoms with Gasteiger partial charge in [-0.3, -0.25) is 0 Å². The summed E-state index contributed by atoms with van der Waals surface area (Å²) in [5.41, 5.74) is 0. The minimum Gasteiger partial charge on any atom is -0.140 e. The van der Waals surface area contributed by atoms with Gasteiger partial charge in [-0.15, -0.1) is 12.6 Å². The van der Waals surface area contributed by atoms with Crippen LogP contribution in [0.25, 0.3) is 0 Å². The maximum atomic E-state index is 5.78. The molecule has 0 bridgehead atoms. The molecule has 1 aromatic carbocycles. The predicted octanol–water partition coefficient (Wildman–Crippen LogP) is 4.04. The van der Waals surface area contributed by atoms with Crippen molar-refractivity contribution in [2.24, 2.45) is 0 Å². The minimum absolute atomic E-state index is 0.552. The van der Waals surface area contributed by atoms with Crippen molar-refractivity contribution < 1.29 is 0 Å². The Morgan fingerprint density at radius 3 is 2.40 bits per heavy atom. The molecule has 0 aliphatic heterocycles. The normalized spacial score (nSPS) is 10.0. The molecule has 0 aliphatic rings. The number of hydrogen-bond donors (Lipinski definition) is 1. The van der Waals surface area contributed by atoms with Gasteiger partial charge in [-0.2, -0.15) is 0 Å². The van der Waals surface area contributed by atoms with Crippen LogP contribution in [0.15, 0.2) is 21.5 Å². The average molecular weight is 258 g/mol. The molecule has 1 rings (SSSR count). The van der Waals surface area contributed by atoms with Gasteiger partial charge in [0.1, 0.15) is 0 Å². The Hall–Kier alpha value is 0.630. The second kappa shape index (κ2) is 3.35. The summed E-state index contributed by atoms with van der Waals surface area (Å²) in [5.74, 6) is 0. The average Bonchev–Trinajstić information content (AvgIpc) is 1.93. The smallest absolute Gasteiger partial charge is 0.0696 e. The standard InChI is InChI=1S/C6H3BrCl2S/c7-3-1-2-4(8)6(10)5(3)9/h1-2,10H. The van der Waals surface area contributed by atoms with Crippen LogP contribution < -0.4 is 0 Å². The van der Waals surface area contributed by atoms with Crippen molar-refractivity contribution in [3.05, 3.63) is 26.7 Å². The van der Waals surface area contributed by atoms with Crippen molar-refractivity contribution in [3.8, 4) is 0 Å². The lowest BCUT2D eigenvalue weighted by Gasteiger charge is -2.00. The SMILES string of the molecule is Sc1c(Cl)ccc(Br)c1Cl. The summed E-state index contributed by atoms with van der Waals surface area (Å²) in [6.07, 6.45) is 0. The molecule has 0 saturated heterocycles. The summed E-state index contributed by atoms with van der Waals surface area (Å²) in [5, 5.41) is 1.12. The quantitative estimate of drug-likeness (QED) is 0.526. The van der Waals surface area contributed by atoms with E-state index in [0.717, 1.165) is 4.47 Å². The third-order valence-corrected chi connectivity index (χ3v) is 3.34. The minimum atomic E-state index is 0.552. The first-order chi connectivity index (χ1) is 4.63. The van der Waals surface area contributed by atoms with Gasteiger partial charge in [0, 0.05) is 9.37 Å². The summed E-state index contributed by atoms with van der Waals surface area (Å²) in [6.45, 7) is 0. The fourth-order valence-electron chi connectivity index (χ4n) is 0.516. The highest BCUT2D eigenvalue weighted by Crippen LogP contribution is 2.33. The van der Waals surface area contributed by atoms with E-state index < -0.39 is 0 Å². The first-order valence-electron chi connectivity index (χ1n) is 2.45. The lowest BCUT2D eigenvalue weighted by molar-refractivity contribution is 1.45. The molecule has 4 heteroatoms. The lowest BCUT2D eigenvalue weighted by Crippen LogP contribution is -1.73.